The lowest BCUT2D eigenvalue weighted by Crippen LogP contribution is -2.38. The molecule has 1 saturated heterocycles. The van der Waals surface area contributed by atoms with Gasteiger partial charge in [0.2, 0.25) is 0 Å². The van der Waals surface area contributed by atoms with E-state index in [1.165, 1.54) is 4.90 Å². The maximum absolute atomic E-state index is 13.5. The van der Waals surface area contributed by atoms with E-state index in [9.17, 15) is 27.3 Å². The number of morpholine rings is 1. The van der Waals surface area contributed by atoms with Crippen LogP contribution in [0, 0.1) is 0 Å². The van der Waals surface area contributed by atoms with E-state index in [0.717, 1.165) is 16.7 Å². The van der Waals surface area contributed by atoms with Crippen LogP contribution in [0.25, 0.3) is 11.0 Å². The Labute approximate surface area is 144 Å². The molecular formula is C14H14F3N3O5P+. The Morgan fingerprint density at radius 1 is 1.23 bits per heavy atom. The molecular weight excluding hydrogens is 378 g/mol. The topological polar surface area (TPSA) is 105 Å². The number of rotatable bonds is 3. The molecule has 26 heavy (non-hydrogen) atoms. The van der Waals surface area contributed by atoms with Crippen molar-refractivity contribution in [2.45, 2.75) is 12.5 Å². The lowest BCUT2D eigenvalue weighted by Gasteiger charge is -2.31. The first-order chi connectivity index (χ1) is 12.2. The molecule has 2 N–H and O–H groups in total. The third kappa shape index (κ3) is 3.50. The Balaban J connectivity index is 2.33. The van der Waals surface area contributed by atoms with E-state index < -0.39 is 37.2 Å². The van der Waals surface area contributed by atoms with Crippen LogP contribution < -0.4 is 16.0 Å². The first kappa shape index (κ1) is 18.6. The van der Waals surface area contributed by atoms with Gasteiger partial charge >= 0.3 is 25.3 Å². The van der Waals surface area contributed by atoms with E-state index >= 15 is 0 Å². The Morgan fingerprint density at radius 3 is 2.46 bits per heavy atom. The summed E-state index contributed by atoms with van der Waals surface area (Å²) in [6.45, 7) is 0.930. The molecule has 3 rings (SSSR count). The molecule has 2 heterocycles. The summed E-state index contributed by atoms with van der Waals surface area (Å²) in [6.07, 6.45) is -5.38. The van der Waals surface area contributed by atoms with Crippen molar-refractivity contribution in [3.05, 3.63) is 38.4 Å². The first-order valence-electron chi connectivity index (χ1n) is 7.53. The van der Waals surface area contributed by atoms with Crippen molar-refractivity contribution in [3.63, 3.8) is 0 Å². The third-order valence-electron chi connectivity index (χ3n) is 4.01. The van der Waals surface area contributed by atoms with Gasteiger partial charge in [-0.05, 0) is 16.7 Å². The normalized spacial score (nSPS) is 16.2. The van der Waals surface area contributed by atoms with Crippen LogP contribution in [0.5, 0.6) is 0 Å². The fraction of sp³-hybridized carbons (Fsp3) is 0.429. The fourth-order valence-electron chi connectivity index (χ4n) is 2.86. The second-order valence-electron chi connectivity index (χ2n) is 5.66. The standard InChI is InChI=1S/C14H13F3N3O5P/c15-14(16,17)8-5-9-11(6-10(8)19-1-3-25-4-2-19)20(7-26(23)24)13(22)12(21)18-9/h5-6H,1-4,7H2,(H-,18,21,23,24)/p+1. The number of hydrogen-bond acceptors (Lipinski definition) is 5. The molecule has 1 aliphatic heterocycles. The van der Waals surface area contributed by atoms with Crippen LogP contribution >= 0.6 is 8.03 Å². The van der Waals surface area contributed by atoms with Crippen LogP contribution in [0.4, 0.5) is 18.9 Å². The van der Waals surface area contributed by atoms with Crippen LogP contribution in [0.1, 0.15) is 5.56 Å². The summed E-state index contributed by atoms with van der Waals surface area (Å²) in [6, 6.07) is 1.85. The Bertz CT molecular complexity index is 979. The summed E-state index contributed by atoms with van der Waals surface area (Å²) in [5.41, 5.74) is -3.72. The van der Waals surface area contributed by atoms with Gasteiger partial charge in [-0.1, -0.05) is 0 Å². The monoisotopic (exact) mass is 392 g/mol. The van der Waals surface area contributed by atoms with E-state index in [1.54, 1.807) is 0 Å². The molecule has 1 aromatic heterocycles. The molecule has 12 heteroatoms. The molecule has 0 spiro atoms. The summed E-state index contributed by atoms with van der Waals surface area (Å²) in [5.74, 6) is 0. The van der Waals surface area contributed by atoms with Gasteiger partial charge in [-0.25, -0.2) is 0 Å². The summed E-state index contributed by atoms with van der Waals surface area (Å²) < 4.78 is 57.6. The van der Waals surface area contributed by atoms with E-state index in [-0.39, 0.29) is 43.0 Å². The zero-order valence-corrected chi connectivity index (χ0v) is 14.1. The minimum absolute atomic E-state index is 0.0542. The number of aromatic nitrogens is 2. The van der Waals surface area contributed by atoms with Crippen LogP contribution in [-0.4, -0.2) is 40.7 Å². The molecule has 1 aliphatic rings. The number of alkyl halides is 3. The van der Waals surface area contributed by atoms with Crippen LogP contribution in [0.15, 0.2) is 21.7 Å². The number of anilines is 1. The second-order valence-corrected chi connectivity index (χ2v) is 6.65. The Morgan fingerprint density at radius 2 is 1.88 bits per heavy atom. The molecule has 1 fully saturated rings. The van der Waals surface area contributed by atoms with Crippen molar-refractivity contribution >= 4 is 24.7 Å². The highest BCUT2D eigenvalue weighted by atomic mass is 31.1. The van der Waals surface area contributed by atoms with E-state index in [1.807, 2.05) is 0 Å². The maximum atomic E-state index is 13.5. The summed E-state index contributed by atoms with van der Waals surface area (Å²) in [4.78, 5) is 36.4. The number of ether oxygens (including phenoxy) is 1. The minimum Gasteiger partial charge on any atom is -0.378 e. The molecule has 1 aromatic carbocycles. The lowest BCUT2D eigenvalue weighted by molar-refractivity contribution is -0.137. The zero-order valence-electron chi connectivity index (χ0n) is 13.2. The molecule has 0 aliphatic carbocycles. The number of benzene rings is 1. The van der Waals surface area contributed by atoms with Gasteiger partial charge in [0, 0.05) is 13.1 Å². The van der Waals surface area contributed by atoms with Gasteiger partial charge in [-0.3, -0.25) is 14.2 Å². The first-order valence-corrected chi connectivity index (χ1v) is 8.92. The predicted molar refractivity (Wildman–Crippen MR) is 86.7 cm³/mol. The number of nitrogens with zero attached hydrogens (tertiary/aromatic N) is 2. The van der Waals surface area contributed by atoms with Gasteiger partial charge in [0.05, 0.1) is 35.5 Å². The number of nitrogens with one attached hydrogen (secondary N) is 1. The van der Waals surface area contributed by atoms with Crippen molar-refractivity contribution < 1.29 is 27.4 Å². The van der Waals surface area contributed by atoms with Crippen LogP contribution in [-0.2, 0) is 21.8 Å². The van der Waals surface area contributed by atoms with Crippen molar-refractivity contribution in [1.82, 2.24) is 9.55 Å². The number of hydrogen-bond donors (Lipinski definition) is 2. The molecule has 2 aromatic rings. The third-order valence-corrected chi connectivity index (χ3v) is 4.54. The predicted octanol–water partition coefficient (Wildman–Crippen LogP) is 1.24. The van der Waals surface area contributed by atoms with Crippen molar-refractivity contribution in [2.75, 3.05) is 31.2 Å². The Kier molecular flexibility index (Phi) is 4.87. The molecule has 0 amide bonds. The zero-order chi connectivity index (χ0) is 19.1. The smallest absolute Gasteiger partial charge is 0.378 e. The van der Waals surface area contributed by atoms with Gasteiger partial charge in [-0.2, -0.15) is 18.1 Å². The largest absolute Gasteiger partial charge is 0.527 e. The van der Waals surface area contributed by atoms with Gasteiger partial charge in [0.1, 0.15) is 0 Å². The highest BCUT2D eigenvalue weighted by Crippen LogP contribution is 2.39. The van der Waals surface area contributed by atoms with Gasteiger partial charge in [-0.15, -0.1) is 0 Å². The average molecular weight is 392 g/mol. The van der Waals surface area contributed by atoms with E-state index in [4.69, 9.17) is 9.63 Å². The Hall–Kier alpha value is -2.23. The van der Waals surface area contributed by atoms with Crippen LogP contribution in [0.3, 0.4) is 0 Å². The molecule has 8 nitrogen and oxygen atoms in total. The molecule has 1 unspecified atom stereocenters. The van der Waals surface area contributed by atoms with Crippen molar-refractivity contribution in [2.24, 2.45) is 0 Å². The van der Waals surface area contributed by atoms with Gasteiger partial charge in [0.25, 0.3) is 6.29 Å². The van der Waals surface area contributed by atoms with Crippen LogP contribution in [0.2, 0.25) is 0 Å². The number of fused-ring (bicyclic) bond motifs is 1. The molecule has 0 saturated carbocycles. The summed E-state index contributed by atoms with van der Waals surface area (Å²) in [7, 11) is -2.83. The molecule has 140 valence electrons. The highest BCUT2D eigenvalue weighted by molar-refractivity contribution is 7.36. The summed E-state index contributed by atoms with van der Waals surface area (Å²) in [5, 5.41) is 0. The number of aromatic amines is 1. The van der Waals surface area contributed by atoms with Gasteiger partial charge in [0.15, 0.2) is 0 Å². The van der Waals surface area contributed by atoms with Crippen molar-refractivity contribution in [1.29, 1.82) is 0 Å². The van der Waals surface area contributed by atoms with Gasteiger partial charge < -0.3 is 14.6 Å². The number of H-pyrrole nitrogens is 1. The molecule has 1 atom stereocenters. The fourth-order valence-corrected chi connectivity index (χ4v) is 3.39. The summed E-state index contributed by atoms with van der Waals surface area (Å²) >= 11 is 0. The minimum atomic E-state index is -4.69. The average Bonchev–Trinajstić information content (AvgIpc) is 2.57. The SMILES string of the molecule is O=c1[nH]c2cc(C(F)(F)F)c(N3CCOCC3)cc2n(C[P+](=O)O)c1=O. The second kappa shape index (κ2) is 6.82. The lowest BCUT2D eigenvalue weighted by atomic mass is 10.1. The van der Waals surface area contributed by atoms with Crippen molar-refractivity contribution in [3.8, 4) is 0 Å². The highest BCUT2D eigenvalue weighted by Gasteiger charge is 2.36. The maximum Gasteiger partial charge on any atom is 0.527 e. The molecule has 0 bridgehead atoms. The van der Waals surface area contributed by atoms with E-state index in [0.29, 0.717) is 0 Å². The number of halogens is 3. The van der Waals surface area contributed by atoms with E-state index in [2.05, 4.69) is 4.98 Å². The molecule has 0 radical (unpaired) electrons. The quantitative estimate of drug-likeness (QED) is 0.602.